The number of primary amides is 1. The molecule has 1 saturated carbocycles. The van der Waals surface area contributed by atoms with Crippen molar-refractivity contribution in [2.24, 2.45) is 11.7 Å². The van der Waals surface area contributed by atoms with Crippen molar-refractivity contribution in [3.8, 4) is 16.9 Å². The van der Waals surface area contributed by atoms with Crippen molar-refractivity contribution < 1.29 is 18.0 Å². The number of benzene rings is 2. The third kappa shape index (κ3) is 4.09. The first-order valence-electron chi connectivity index (χ1n) is 11.9. The molecule has 0 aliphatic heterocycles. The van der Waals surface area contributed by atoms with E-state index in [2.05, 4.69) is 4.98 Å². The molecule has 38 heavy (non-hydrogen) atoms. The molecule has 1 amide bonds. The van der Waals surface area contributed by atoms with Crippen molar-refractivity contribution >= 4 is 17.5 Å². The Labute approximate surface area is 221 Å². The molecule has 1 aliphatic rings. The topological polar surface area (TPSA) is 78.0 Å². The minimum atomic E-state index is -1.01. The number of hydrogen-bond donors (Lipinski definition) is 1. The molecule has 0 saturated heterocycles. The van der Waals surface area contributed by atoms with Crippen LogP contribution in [0.2, 0.25) is 5.02 Å². The van der Waals surface area contributed by atoms with Crippen molar-refractivity contribution in [2.75, 3.05) is 0 Å². The third-order valence-electron chi connectivity index (χ3n) is 7.27. The van der Waals surface area contributed by atoms with E-state index in [1.165, 1.54) is 36.5 Å². The lowest BCUT2D eigenvalue weighted by Crippen LogP contribution is -2.24. The molecule has 4 aromatic rings. The quantitative estimate of drug-likeness (QED) is 0.329. The van der Waals surface area contributed by atoms with E-state index < -0.39 is 28.7 Å². The molecular formula is C29H23ClF3N3O2. The zero-order valence-corrected chi connectivity index (χ0v) is 21.5. The normalized spacial score (nSPS) is 18.4. The molecule has 5 nitrogen and oxygen atoms in total. The first kappa shape index (κ1) is 25.7. The second kappa shape index (κ2) is 9.44. The van der Waals surface area contributed by atoms with Gasteiger partial charge in [0, 0.05) is 17.5 Å². The first-order valence-corrected chi connectivity index (χ1v) is 12.3. The van der Waals surface area contributed by atoms with Gasteiger partial charge in [-0.3, -0.25) is 19.1 Å². The summed E-state index contributed by atoms with van der Waals surface area (Å²) in [4.78, 5) is 29.2. The molecule has 2 aromatic heterocycles. The SMILES string of the molecule is Cc1cnc(-c2cccc(C(N)=O)c2F)c(F)c1-n1c(C)cc(C2C(C)C2c2ccc(F)cc2)c(Cl)c1=O. The largest absolute Gasteiger partial charge is 0.366 e. The van der Waals surface area contributed by atoms with Crippen LogP contribution in [0.1, 0.15) is 51.5 Å². The van der Waals surface area contributed by atoms with Gasteiger partial charge < -0.3 is 5.73 Å². The molecule has 3 atom stereocenters. The molecule has 0 bridgehead atoms. The maximum atomic E-state index is 16.0. The number of nitrogens with zero attached hydrogens (tertiary/aromatic N) is 2. The van der Waals surface area contributed by atoms with Crippen LogP contribution in [0.5, 0.6) is 0 Å². The summed E-state index contributed by atoms with van der Waals surface area (Å²) in [6.07, 6.45) is 1.32. The van der Waals surface area contributed by atoms with Gasteiger partial charge in [0.1, 0.15) is 22.4 Å². The molecular weight excluding hydrogens is 515 g/mol. The molecule has 0 radical (unpaired) electrons. The van der Waals surface area contributed by atoms with E-state index in [4.69, 9.17) is 17.3 Å². The summed E-state index contributed by atoms with van der Waals surface area (Å²) in [5.74, 6) is -3.10. The molecule has 1 fully saturated rings. The number of aryl methyl sites for hydroxylation is 2. The van der Waals surface area contributed by atoms with Gasteiger partial charge in [-0.15, -0.1) is 0 Å². The fourth-order valence-electron chi connectivity index (χ4n) is 5.32. The van der Waals surface area contributed by atoms with Gasteiger partial charge in [0.25, 0.3) is 11.5 Å². The molecule has 1 aliphatic carbocycles. The molecule has 5 rings (SSSR count). The highest BCUT2D eigenvalue weighted by Gasteiger charge is 2.49. The predicted molar refractivity (Wildman–Crippen MR) is 139 cm³/mol. The number of nitrogens with two attached hydrogens (primary N) is 1. The van der Waals surface area contributed by atoms with Crippen molar-refractivity contribution in [1.82, 2.24) is 9.55 Å². The summed E-state index contributed by atoms with van der Waals surface area (Å²) in [5, 5.41) is -0.0452. The maximum absolute atomic E-state index is 16.0. The van der Waals surface area contributed by atoms with Crippen LogP contribution in [0, 0.1) is 37.2 Å². The maximum Gasteiger partial charge on any atom is 0.274 e. The summed E-state index contributed by atoms with van der Waals surface area (Å²) in [6.45, 7) is 5.27. The summed E-state index contributed by atoms with van der Waals surface area (Å²) >= 11 is 6.60. The van der Waals surface area contributed by atoms with E-state index in [1.54, 1.807) is 32.0 Å². The fourth-order valence-corrected chi connectivity index (χ4v) is 5.59. The Bertz CT molecular complexity index is 1670. The van der Waals surface area contributed by atoms with Gasteiger partial charge in [-0.2, -0.15) is 0 Å². The lowest BCUT2D eigenvalue weighted by atomic mass is 10.0. The number of pyridine rings is 2. The second-order valence-corrected chi connectivity index (χ2v) is 10.0. The lowest BCUT2D eigenvalue weighted by Gasteiger charge is -2.18. The van der Waals surface area contributed by atoms with Crippen LogP contribution in [0.4, 0.5) is 13.2 Å². The highest BCUT2D eigenvalue weighted by atomic mass is 35.5. The Morgan fingerprint density at radius 2 is 1.71 bits per heavy atom. The summed E-state index contributed by atoms with van der Waals surface area (Å²) < 4.78 is 45.5. The molecule has 194 valence electrons. The lowest BCUT2D eigenvalue weighted by molar-refractivity contribution is 0.0996. The van der Waals surface area contributed by atoms with Crippen LogP contribution < -0.4 is 11.3 Å². The zero-order valence-electron chi connectivity index (χ0n) is 20.7. The van der Waals surface area contributed by atoms with Gasteiger partial charge >= 0.3 is 0 Å². The number of carbonyl (C=O) groups excluding carboxylic acids is 1. The van der Waals surface area contributed by atoms with Crippen molar-refractivity contribution in [1.29, 1.82) is 0 Å². The Hall–Kier alpha value is -3.91. The Balaban J connectivity index is 1.62. The summed E-state index contributed by atoms with van der Waals surface area (Å²) in [7, 11) is 0. The van der Waals surface area contributed by atoms with Crippen LogP contribution in [-0.2, 0) is 0 Å². The number of aromatic nitrogens is 2. The Morgan fingerprint density at radius 1 is 1.03 bits per heavy atom. The van der Waals surface area contributed by atoms with Gasteiger partial charge in [0.2, 0.25) is 0 Å². The molecule has 0 spiro atoms. The minimum Gasteiger partial charge on any atom is -0.366 e. The first-order chi connectivity index (χ1) is 18.0. The molecule has 2 heterocycles. The summed E-state index contributed by atoms with van der Waals surface area (Å²) in [6, 6.07) is 11.8. The zero-order chi connectivity index (χ0) is 27.5. The van der Waals surface area contributed by atoms with Gasteiger partial charge in [0.05, 0.1) is 11.3 Å². The van der Waals surface area contributed by atoms with Crippen molar-refractivity contribution in [2.45, 2.75) is 32.6 Å². The molecule has 9 heteroatoms. The average molecular weight is 538 g/mol. The summed E-state index contributed by atoms with van der Waals surface area (Å²) in [5.41, 5.74) is 5.81. The fraction of sp³-hybridized carbons (Fsp3) is 0.207. The van der Waals surface area contributed by atoms with Crippen molar-refractivity contribution in [3.63, 3.8) is 0 Å². The van der Waals surface area contributed by atoms with Crippen LogP contribution in [0.15, 0.2) is 59.5 Å². The number of hydrogen-bond acceptors (Lipinski definition) is 3. The number of amides is 1. The predicted octanol–water partition coefficient (Wildman–Crippen LogP) is 6.20. The Kier molecular flexibility index (Phi) is 6.39. The standard InChI is InChI=1S/C29H23ClF3N3O2/c1-13-12-35-26(18-5-4-6-19(24(18)32)28(34)37)25(33)27(13)36-14(2)11-20(23(30)29(36)38)22-15(3)21(22)16-7-9-17(31)10-8-16/h4-12,15,21-22H,1-3H3,(H2,34,37). The average Bonchev–Trinajstić information content (AvgIpc) is 3.54. The molecule has 3 unspecified atom stereocenters. The van der Waals surface area contributed by atoms with E-state index in [0.717, 1.165) is 10.1 Å². The molecule has 2 aromatic carbocycles. The van der Waals surface area contributed by atoms with Gasteiger partial charge in [0.15, 0.2) is 5.82 Å². The number of halogens is 4. The van der Waals surface area contributed by atoms with E-state index in [9.17, 15) is 14.0 Å². The van der Waals surface area contributed by atoms with E-state index >= 15 is 8.78 Å². The monoisotopic (exact) mass is 537 g/mol. The smallest absolute Gasteiger partial charge is 0.274 e. The van der Waals surface area contributed by atoms with Gasteiger partial charge in [-0.1, -0.05) is 36.7 Å². The van der Waals surface area contributed by atoms with E-state index in [1.807, 2.05) is 6.92 Å². The highest BCUT2D eigenvalue weighted by Crippen LogP contribution is 2.61. The van der Waals surface area contributed by atoms with Crippen LogP contribution in [0.25, 0.3) is 16.9 Å². The minimum absolute atomic E-state index is 0.0452. The third-order valence-corrected chi connectivity index (χ3v) is 7.65. The van der Waals surface area contributed by atoms with E-state index in [-0.39, 0.29) is 45.5 Å². The number of rotatable bonds is 5. The Morgan fingerprint density at radius 3 is 2.37 bits per heavy atom. The van der Waals surface area contributed by atoms with E-state index in [0.29, 0.717) is 16.8 Å². The second-order valence-electron chi connectivity index (χ2n) is 9.64. The van der Waals surface area contributed by atoms with Gasteiger partial charge in [-0.05, 0) is 78.6 Å². The van der Waals surface area contributed by atoms with Crippen LogP contribution in [0.3, 0.4) is 0 Å². The van der Waals surface area contributed by atoms with Crippen LogP contribution >= 0.6 is 11.6 Å². The number of carbonyl (C=O) groups is 1. The van der Waals surface area contributed by atoms with Crippen LogP contribution in [-0.4, -0.2) is 15.5 Å². The van der Waals surface area contributed by atoms with Crippen molar-refractivity contribution in [3.05, 3.63) is 116 Å². The molecule has 2 N–H and O–H groups in total. The highest BCUT2D eigenvalue weighted by molar-refractivity contribution is 6.31. The van der Waals surface area contributed by atoms with Gasteiger partial charge in [-0.25, -0.2) is 13.2 Å².